The fourth-order valence-corrected chi connectivity index (χ4v) is 3.82. The Hall–Kier alpha value is -2.44. The molecule has 2 aromatic rings. The number of carbonyl (C=O) groups is 1. The number of hydrogen-bond donors (Lipinski definition) is 2. The molecule has 108 valence electrons. The molecule has 0 bridgehead atoms. The van der Waals surface area contributed by atoms with Crippen LogP contribution in [-0.4, -0.2) is 24.5 Å². The van der Waals surface area contributed by atoms with Crippen molar-refractivity contribution in [1.29, 1.82) is 5.26 Å². The van der Waals surface area contributed by atoms with E-state index in [4.69, 9.17) is 10.4 Å². The monoisotopic (exact) mass is 323 g/mol. The SMILES string of the molecule is Cc1ccc(C#N)cc1NS(=O)(=O)c1scnc1C(=O)O. The number of rotatable bonds is 4. The van der Waals surface area contributed by atoms with Gasteiger partial charge in [-0.1, -0.05) is 6.07 Å². The highest BCUT2D eigenvalue weighted by Crippen LogP contribution is 2.25. The number of hydrogen-bond acceptors (Lipinski definition) is 6. The maximum absolute atomic E-state index is 12.3. The lowest BCUT2D eigenvalue weighted by molar-refractivity contribution is 0.0687. The van der Waals surface area contributed by atoms with E-state index in [-0.39, 0.29) is 9.90 Å². The quantitative estimate of drug-likeness (QED) is 0.885. The van der Waals surface area contributed by atoms with Crippen LogP contribution in [0.4, 0.5) is 5.69 Å². The number of carboxylic acid groups (broad SMARTS) is 1. The molecule has 21 heavy (non-hydrogen) atoms. The molecule has 2 N–H and O–H groups in total. The van der Waals surface area contributed by atoms with Gasteiger partial charge < -0.3 is 5.11 Å². The van der Waals surface area contributed by atoms with Crippen LogP contribution >= 0.6 is 11.3 Å². The molecular formula is C12H9N3O4S2. The molecule has 0 radical (unpaired) electrons. The van der Waals surface area contributed by atoms with Crippen molar-refractivity contribution in [1.82, 2.24) is 4.98 Å². The molecule has 1 heterocycles. The van der Waals surface area contributed by atoms with Gasteiger partial charge in [0.25, 0.3) is 10.0 Å². The number of sulfonamides is 1. The zero-order valence-electron chi connectivity index (χ0n) is 10.7. The van der Waals surface area contributed by atoms with Gasteiger partial charge in [0, 0.05) is 0 Å². The Kier molecular flexibility index (Phi) is 3.93. The first-order chi connectivity index (χ1) is 9.85. The van der Waals surface area contributed by atoms with E-state index in [1.54, 1.807) is 19.1 Å². The van der Waals surface area contributed by atoms with Gasteiger partial charge in [-0.3, -0.25) is 4.72 Å². The minimum Gasteiger partial charge on any atom is -0.476 e. The van der Waals surface area contributed by atoms with Gasteiger partial charge in [-0.2, -0.15) is 5.26 Å². The minimum absolute atomic E-state index is 0.221. The van der Waals surface area contributed by atoms with Gasteiger partial charge >= 0.3 is 5.97 Å². The maximum atomic E-state index is 12.3. The van der Waals surface area contributed by atoms with Gasteiger partial charge in [-0.05, 0) is 24.6 Å². The number of thiazole rings is 1. The Labute approximate surface area is 124 Å². The second-order valence-corrected chi connectivity index (χ2v) is 6.77. The average molecular weight is 323 g/mol. The average Bonchev–Trinajstić information content (AvgIpc) is 2.91. The third kappa shape index (κ3) is 3.01. The standard InChI is InChI=1S/C12H9N3O4S2/c1-7-2-3-8(5-13)4-9(7)15-21(18,19)12-10(11(16)17)14-6-20-12/h2-4,6,15H,1H3,(H,16,17). The van der Waals surface area contributed by atoms with E-state index >= 15 is 0 Å². The van der Waals surface area contributed by atoms with Crippen LogP contribution in [-0.2, 0) is 10.0 Å². The number of nitrogens with one attached hydrogen (secondary N) is 1. The highest BCUT2D eigenvalue weighted by atomic mass is 32.2. The van der Waals surface area contributed by atoms with E-state index in [2.05, 4.69) is 9.71 Å². The Bertz CT molecular complexity index is 850. The number of benzene rings is 1. The summed E-state index contributed by atoms with van der Waals surface area (Å²) in [4.78, 5) is 14.5. The summed E-state index contributed by atoms with van der Waals surface area (Å²) in [5.41, 5.74) is 1.75. The van der Waals surface area contributed by atoms with Gasteiger partial charge in [0.1, 0.15) is 0 Å². The lowest BCUT2D eigenvalue weighted by Crippen LogP contribution is -2.16. The molecule has 0 amide bonds. The molecule has 0 atom stereocenters. The molecule has 0 spiro atoms. The van der Waals surface area contributed by atoms with Crippen LogP contribution < -0.4 is 4.72 Å². The van der Waals surface area contributed by atoms with Crippen LogP contribution in [0.1, 0.15) is 21.6 Å². The first-order valence-electron chi connectivity index (χ1n) is 5.55. The Morgan fingerprint density at radius 1 is 1.48 bits per heavy atom. The molecule has 0 saturated heterocycles. The van der Waals surface area contributed by atoms with E-state index in [9.17, 15) is 13.2 Å². The summed E-state index contributed by atoms with van der Waals surface area (Å²) in [6.45, 7) is 1.67. The molecule has 2 rings (SSSR count). The van der Waals surface area contributed by atoms with E-state index in [0.29, 0.717) is 22.5 Å². The number of anilines is 1. The molecular weight excluding hydrogens is 314 g/mol. The number of nitrogens with zero attached hydrogens (tertiary/aromatic N) is 2. The minimum atomic E-state index is -4.08. The second kappa shape index (κ2) is 5.51. The van der Waals surface area contributed by atoms with Gasteiger partial charge in [0.05, 0.1) is 22.8 Å². The fraction of sp³-hybridized carbons (Fsp3) is 0.0833. The van der Waals surface area contributed by atoms with Crippen LogP contribution in [0, 0.1) is 18.3 Å². The Balaban J connectivity index is 2.45. The number of aryl methyl sites for hydroxylation is 1. The van der Waals surface area contributed by atoms with Crippen molar-refractivity contribution in [3.63, 3.8) is 0 Å². The van der Waals surface area contributed by atoms with Crippen molar-refractivity contribution in [2.24, 2.45) is 0 Å². The highest BCUT2D eigenvalue weighted by molar-refractivity contribution is 7.94. The van der Waals surface area contributed by atoms with Gasteiger partial charge in [-0.25, -0.2) is 18.2 Å². The Morgan fingerprint density at radius 3 is 2.81 bits per heavy atom. The van der Waals surface area contributed by atoms with Crippen LogP contribution in [0.5, 0.6) is 0 Å². The summed E-state index contributed by atoms with van der Waals surface area (Å²) >= 11 is 0.712. The Morgan fingerprint density at radius 2 is 2.19 bits per heavy atom. The number of aromatic nitrogens is 1. The lowest BCUT2D eigenvalue weighted by atomic mass is 10.1. The molecule has 0 fully saturated rings. The largest absolute Gasteiger partial charge is 0.476 e. The van der Waals surface area contributed by atoms with Gasteiger partial charge in [0.2, 0.25) is 0 Å². The van der Waals surface area contributed by atoms with Crippen molar-refractivity contribution >= 4 is 33.0 Å². The van der Waals surface area contributed by atoms with Crippen molar-refractivity contribution < 1.29 is 18.3 Å². The van der Waals surface area contributed by atoms with Crippen LogP contribution in [0.3, 0.4) is 0 Å². The summed E-state index contributed by atoms with van der Waals surface area (Å²) in [6.07, 6.45) is 0. The number of aromatic carboxylic acids is 1. The molecule has 0 aliphatic carbocycles. The summed E-state index contributed by atoms with van der Waals surface area (Å²) in [6, 6.07) is 6.45. The molecule has 1 aromatic carbocycles. The van der Waals surface area contributed by atoms with Crippen LogP contribution in [0.2, 0.25) is 0 Å². The molecule has 7 nitrogen and oxygen atoms in total. The van der Waals surface area contributed by atoms with Crippen molar-refractivity contribution in [2.45, 2.75) is 11.1 Å². The number of nitriles is 1. The smallest absolute Gasteiger partial charge is 0.356 e. The van der Waals surface area contributed by atoms with Gasteiger partial charge in [0.15, 0.2) is 9.90 Å². The molecule has 0 aliphatic heterocycles. The first kappa shape index (κ1) is 15.0. The summed E-state index contributed by atoms with van der Waals surface area (Å²) < 4.78 is 26.4. The van der Waals surface area contributed by atoms with E-state index in [1.807, 2.05) is 6.07 Å². The van der Waals surface area contributed by atoms with Gasteiger partial charge in [-0.15, -0.1) is 11.3 Å². The topological polar surface area (TPSA) is 120 Å². The summed E-state index contributed by atoms with van der Waals surface area (Å²) in [5, 5.41) is 17.8. The third-order valence-electron chi connectivity index (χ3n) is 2.59. The lowest BCUT2D eigenvalue weighted by Gasteiger charge is -2.09. The molecule has 1 aromatic heterocycles. The summed E-state index contributed by atoms with van der Waals surface area (Å²) in [7, 11) is -4.08. The van der Waals surface area contributed by atoms with Crippen molar-refractivity contribution in [3.05, 3.63) is 40.5 Å². The second-order valence-electron chi connectivity index (χ2n) is 4.04. The maximum Gasteiger partial charge on any atom is 0.356 e. The summed E-state index contributed by atoms with van der Waals surface area (Å²) in [5.74, 6) is -1.42. The number of carboxylic acids is 1. The molecule has 9 heteroatoms. The predicted octanol–water partition coefficient (Wildman–Crippen LogP) is 1.82. The van der Waals surface area contributed by atoms with Crippen LogP contribution in [0.15, 0.2) is 27.9 Å². The third-order valence-corrected chi connectivity index (χ3v) is 5.33. The highest BCUT2D eigenvalue weighted by Gasteiger charge is 2.26. The normalized spacial score (nSPS) is 10.9. The zero-order valence-corrected chi connectivity index (χ0v) is 12.3. The molecule has 0 saturated carbocycles. The zero-order chi connectivity index (χ0) is 15.6. The van der Waals surface area contributed by atoms with E-state index < -0.39 is 21.7 Å². The predicted molar refractivity (Wildman–Crippen MR) is 75.8 cm³/mol. The van der Waals surface area contributed by atoms with Crippen LogP contribution in [0.25, 0.3) is 0 Å². The fourth-order valence-electron chi connectivity index (χ4n) is 1.56. The van der Waals surface area contributed by atoms with E-state index in [1.165, 1.54) is 6.07 Å². The van der Waals surface area contributed by atoms with E-state index in [0.717, 1.165) is 5.51 Å². The van der Waals surface area contributed by atoms with Crippen molar-refractivity contribution in [3.8, 4) is 6.07 Å². The molecule has 0 unspecified atom stereocenters. The van der Waals surface area contributed by atoms with Crippen molar-refractivity contribution in [2.75, 3.05) is 4.72 Å². The first-order valence-corrected chi connectivity index (χ1v) is 7.92. The molecule has 0 aliphatic rings.